The summed E-state index contributed by atoms with van der Waals surface area (Å²) in [6.45, 7) is 5.89. The van der Waals surface area contributed by atoms with Gasteiger partial charge in [0.1, 0.15) is 5.57 Å². The molecule has 0 radical (unpaired) electrons. The molecule has 0 aliphatic carbocycles. The largest absolute Gasteiger partial charge is 0.335 e. The van der Waals surface area contributed by atoms with E-state index in [1.807, 2.05) is 26.0 Å². The zero-order chi connectivity index (χ0) is 23.7. The standard InChI is InChI=1S/C27H23ClN2O3/c1-16-10-17(2)12-19(11-16)13-20-8-9-22(28)14-21(20)15-23-25(31)29-27(33)30(26(23)32)24-7-5-4-6-18(24)3/h4-12,14-15H,13H2,1-3H3,(H,29,31,33)/b23-15+. The molecule has 6 heteroatoms. The topological polar surface area (TPSA) is 66.5 Å². The Morgan fingerprint density at radius 2 is 1.61 bits per heavy atom. The first-order chi connectivity index (χ1) is 15.7. The van der Waals surface area contributed by atoms with Gasteiger partial charge in [-0.25, -0.2) is 9.69 Å². The van der Waals surface area contributed by atoms with E-state index in [-0.39, 0.29) is 5.57 Å². The molecule has 1 aliphatic rings. The van der Waals surface area contributed by atoms with E-state index in [0.717, 1.165) is 32.7 Å². The first kappa shape index (κ1) is 22.5. The van der Waals surface area contributed by atoms with Crippen molar-refractivity contribution >= 4 is 41.2 Å². The van der Waals surface area contributed by atoms with Crippen molar-refractivity contribution in [2.45, 2.75) is 27.2 Å². The number of benzene rings is 3. The molecular weight excluding hydrogens is 436 g/mol. The molecule has 0 saturated carbocycles. The molecule has 0 aromatic heterocycles. The summed E-state index contributed by atoms with van der Waals surface area (Å²) in [5, 5.41) is 2.77. The summed E-state index contributed by atoms with van der Waals surface area (Å²) in [5.74, 6) is -1.40. The van der Waals surface area contributed by atoms with Gasteiger partial charge in [0.25, 0.3) is 11.8 Å². The number of urea groups is 1. The van der Waals surface area contributed by atoms with Crippen LogP contribution >= 0.6 is 11.6 Å². The van der Waals surface area contributed by atoms with Gasteiger partial charge in [-0.05, 0) is 73.7 Å². The number of para-hydroxylation sites is 1. The minimum Gasteiger partial charge on any atom is -0.273 e. The van der Waals surface area contributed by atoms with E-state index in [2.05, 4.69) is 23.5 Å². The van der Waals surface area contributed by atoms with Crippen LogP contribution < -0.4 is 10.2 Å². The average molecular weight is 459 g/mol. The van der Waals surface area contributed by atoms with Crippen LogP contribution in [0.15, 0.2) is 66.2 Å². The van der Waals surface area contributed by atoms with Crippen molar-refractivity contribution in [2.75, 3.05) is 4.90 Å². The Hall–Kier alpha value is -3.70. The van der Waals surface area contributed by atoms with Gasteiger partial charge in [-0.1, -0.05) is 65.2 Å². The van der Waals surface area contributed by atoms with Crippen LogP contribution in [-0.4, -0.2) is 17.8 Å². The second kappa shape index (κ2) is 9.04. The number of halogens is 1. The summed E-state index contributed by atoms with van der Waals surface area (Å²) in [4.78, 5) is 39.4. The number of nitrogens with zero attached hydrogens (tertiary/aromatic N) is 1. The number of carbonyl (C=O) groups is 3. The third-order valence-corrected chi connectivity index (χ3v) is 5.78. The smallest absolute Gasteiger partial charge is 0.273 e. The molecule has 0 spiro atoms. The van der Waals surface area contributed by atoms with Gasteiger partial charge in [0.05, 0.1) is 5.69 Å². The van der Waals surface area contributed by atoms with Crippen molar-refractivity contribution in [3.63, 3.8) is 0 Å². The van der Waals surface area contributed by atoms with Crippen molar-refractivity contribution in [3.8, 4) is 0 Å². The minimum absolute atomic E-state index is 0.123. The Labute approximate surface area is 197 Å². The zero-order valence-electron chi connectivity index (χ0n) is 18.6. The van der Waals surface area contributed by atoms with Gasteiger partial charge in [-0.15, -0.1) is 0 Å². The second-order valence-corrected chi connectivity index (χ2v) is 8.70. The number of anilines is 1. The van der Waals surface area contributed by atoms with Crippen LogP contribution in [0.5, 0.6) is 0 Å². The monoisotopic (exact) mass is 458 g/mol. The van der Waals surface area contributed by atoms with Gasteiger partial charge in [0.2, 0.25) is 0 Å². The lowest BCUT2D eigenvalue weighted by Gasteiger charge is -2.27. The van der Waals surface area contributed by atoms with Crippen molar-refractivity contribution in [2.24, 2.45) is 0 Å². The van der Waals surface area contributed by atoms with E-state index in [0.29, 0.717) is 22.7 Å². The summed E-state index contributed by atoms with van der Waals surface area (Å²) in [7, 11) is 0. The Morgan fingerprint density at radius 3 is 2.30 bits per heavy atom. The van der Waals surface area contributed by atoms with Crippen LogP contribution in [-0.2, 0) is 16.0 Å². The molecule has 1 N–H and O–H groups in total. The number of hydrogen-bond acceptors (Lipinski definition) is 3. The van der Waals surface area contributed by atoms with Gasteiger partial charge in [-0.2, -0.15) is 0 Å². The van der Waals surface area contributed by atoms with E-state index in [9.17, 15) is 14.4 Å². The number of amides is 4. The van der Waals surface area contributed by atoms with Crippen LogP contribution in [0.4, 0.5) is 10.5 Å². The van der Waals surface area contributed by atoms with Gasteiger partial charge in [-0.3, -0.25) is 14.9 Å². The number of hydrogen-bond donors (Lipinski definition) is 1. The number of aryl methyl sites for hydroxylation is 3. The lowest BCUT2D eigenvalue weighted by Crippen LogP contribution is -2.54. The molecule has 3 aromatic rings. The fourth-order valence-corrected chi connectivity index (χ4v) is 4.28. The van der Waals surface area contributed by atoms with Crippen molar-refractivity contribution in [1.29, 1.82) is 0 Å². The first-order valence-electron chi connectivity index (χ1n) is 10.6. The summed E-state index contributed by atoms with van der Waals surface area (Å²) in [6, 6.07) is 18.0. The molecule has 0 bridgehead atoms. The molecule has 1 aliphatic heterocycles. The molecule has 1 heterocycles. The molecular formula is C27H23ClN2O3. The fourth-order valence-electron chi connectivity index (χ4n) is 4.10. The Morgan fingerprint density at radius 1 is 0.909 bits per heavy atom. The van der Waals surface area contributed by atoms with Gasteiger partial charge >= 0.3 is 6.03 Å². The highest BCUT2D eigenvalue weighted by Gasteiger charge is 2.37. The van der Waals surface area contributed by atoms with E-state index in [4.69, 9.17) is 11.6 Å². The van der Waals surface area contributed by atoms with E-state index < -0.39 is 17.8 Å². The second-order valence-electron chi connectivity index (χ2n) is 8.26. The number of carbonyl (C=O) groups excluding carboxylic acids is 3. The number of rotatable bonds is 4. The predicted octanol–water partition coefficient (Wildman–Crippen LogP) is 5.52. The fraction of sp³-hybridized carbons (Fsp3) is 0.148. The lowest BCUT2D eigenvalue weighted by atomic mass is 9.95. The highest BCUT2D eigenvalue weighted by atomic mass is 35.5. The molecule has 0 atom stereocenters. The molecule has 5 nitrogen and oxygen atoms in total. The molecule has 1 fully saturated rings. The van der Waals surface area contributed by atoms with Crippen LogP contribution in [0.3, 0.4) is 0 Å². The predicted molar refractivity (Wildman–Crippen MR) is 130 cm³/mol. The van der Waals surface area contributed by atoms with Gasteiger partial charge in [0, 0.05) is 5.02 Å². The highest BCUT2D eigenvalue weighted by Crippen LogP contribution is 2.27. The summed E-state index contributed by atoms with van der Waals surface area (Å²) in [5.41, 5.74) is 6.05. The SMILES string of the molecule is Cc1cc(C)cc(Cc2ccc(Cl)cc2/C=C2\C(=O)NC(=O)N(c3ccccc3C)C2=O)c1. The van der Waals surface area contributed by atoms with Crippen LogP contribution in [0.1, 0.15) is 33.4 Å². The van der Waals surface area contributed by atoms with Crippen LogP contribution in [0.2, 0.25) is 5.02 Å². The van der Waals surface area contributed by atoms with Crippen molar-refractivity contribution < 1.29 is 14.4 Å². The third kappa shape index (κ3) is 4.73. The van der Waals surface area contributed by atoms with E-state index >= 15 is 0 Å². The maximum Gasteiger partial charge on any atom is 0.335 e. The maximum absolute atomic E-state index is 13.3. The highest BCUT2D eigenvalue weighted by molar-refractivity contribution is 6.39. The summed E-state index contributed by atoms with van der Waals surface area (Å²) < 4.78 is 0. The third-order valence-electron chi connectivity index (χ3n) is 5.54. The maximum atomic E-state index is 13.3. The van der Waals surface area contributed by atoms with Crippen LogP contribution in [0, 0.1) is 20.8 Å². The van der Waals surface area contributed by atoms with Gasteiger partial charge < -0.3 is 0 Å². The minimum atomic E-state index is -0.766. The molecule has 166 valence electrons. The van der Waals surface area contributed by atoms with Gasteiger partial charge in [0.15, 0.2) is 0 Å². The Bertz CT molecular complexity index is 1310. The average Bonchev–Trinajstić information content (AvgIpc) is 2.73. The molecule has 4 rings (SSSR count). The quantitative estimate of drug-likeness (QED) is 0.413. The Balaban J connectivity index is 1.76. The zero-order valence-corrected chi connectivity index (χ0v) is 19.4. The van der Waals surface area contributed by atoms with E-state index in [1.165, 1.54) is 6.08 Å². The number of barbiturate groups is 1. The first-order valence-corrected chi connectivity index (χ1v) is 10.9. The lowest BCUT2D eigenvalue weighted by molar-refractivity contribution is -0.122. The van der Waals surface area contributed by atoms with Crippen molar-refractivity contribution in [3.05, 3.63) is 105 Å². The molecule has 1 saturated heterocycles. The number of imide groups is 2. The molecule has 3 aromatic carbocycles. The molecule has 33 heavy (non-hydrogen) atoms. The number of nitrogens with one attached hydrogen (secondary N) is 1. The summed E-state index contributed by atoms with van der Waals surface area (Å²) in [6.07, 6.45) is 2.12. The van der Waals surface area contributed by atoms with Crippen LogP contribution in [0.25, 0.3) is 6.08 Å². The molecule has 0 unspecified atom stereocenters. The van der Waals surface area contributed by atoms with E-state index in [1.54, 1.807) is 37.3 Å². The molecule has 4 amide bonds. The Kier molecular flexibility index (Phi) is 6.16. The normalized spacial score (nSPS) is 15.2. The summed E-state index contributed by atoms with van der Waals surface area (Å²) >= 11 is 6.25. The van der Waals surface area contributed by atoms with Crippen molar-refractivity contribution in [1.82, 2.24) is 5.32 Å².